The lowest BCUT2D eigenvalue weighted by Gasteiger charge is -2.10. The van der Waals surface area contributed by atoms with Gasteiger partial charge in [0.25, 0.3) is 15.9 Å². The Labute approximate surface area is 156 Å². The van der Waals surface area contributed by atoms with Crippen LogP contribution in [0.2, 0.25) is 0 Å². The molecule has 0 bridgehead atoms. The maximum absolute atomic E-state index is 13.0. The molecule has 3 aromatic rings. The molecule has 27 heavy (non-hydrogen) atoms. The van der Waals surface area contributed by atoms with E-state index in [0.29, 0.717) is 12.1 Å². The Hall–Kier alpha value is -3.19. The van der Waals surface area contributed by atoms with Gasteiger partial charge in [-0.3, -0.25) is 9.52 Å². The zero-order chi connectivity index (χ0) is 19.3. The van der Waals surface area contributed by atoms with Gasteiger partial charge < -0.3 is 5.32 Å². The number of amides is 1. The minimum atomic E-state index is -3.88. The minimum Gasteiger partial charge on any atom is -0.348 e. The highest BCUT2D eigenvalue weighted by Gasteiger charge is 2.15. The number of benzene rings is 3. The molecule has 0 fully saturated rings. The van der Waals surface area contributed by atoms with Gasteiger partial charge in [0.15, 0.2) is 0 Å². The maximum atomic E-state index is 13.0. The van der Waals surface area contributed by atoms with Crippen LogP contribution in [0.5, 0.6) is 0 Å². The molecule has 0 aromatic heterocycles. The zero-order valence-corrected chi connectivity index (χ0v) is 15.0. The van der Waals surface area contributed by atoms with Gasteiger partial charge in [0, 0.05) is 17.8 Å². The molecule has 0 atom stereocenters. The molecule has 7 heteroatoms. The number of hydrogen-bond donors (Lipinski definition) is 2. The van der Waals surface area contributed by atoms with Gasteiger partial charge in [0.05, 0.1) is 4.90 Å². The molecule has 0 saturated carbocycles. The van der Waals surface area contributed by atoms with E-state index >= 15 is 0 Å². The lowest BCUT2D eigenvalue weighted by Crippen LogP contribution is -2.23. The van der Waals surface area contributed by atoms with Crippen LogP contribution in [0.3, 0.4) is 0 Å². The van der Waals surface area contributed by atoms with Gasteiger partial charge in [-0.1, -0.05) is 36.4 Å². The Balaban J connectivity index is 1.71. The third kappa shape index (κ3) is 4.92. The molecule has 1 amide bonds. The summed E-state index contributed by atoms with van der Waals surface area (Å²) in [5.41, 5.74) is 1.52. The highest BCUT2D eigenvalue weighted by molar-refractivity contribution is 7.92. The van der Waals surface area contributed by atoms with Gasteiger partial charge in [0.1, 0.15) is 5.82 Å². The van der Waals surface area contributed by atoms with Gasteiger partial charge in [-0.25, -0.2) is 12.8 Å². The van der Waals surface area contributed by atoms with Crippen molar-refractivity contribution in [3.63, 3.8) is 0 Å². The lowest BCUT2D eigenvalue weighted by atomic mass is 10.2. The average Bonchev–Trinajstić information content (AvgIpc) is 2.67. The van der Waals surface area contributed by atoms with Crippen molar-refractivity contribution in [2.45, 2.75) is 11.4 Å². The fourth-order valence-corrected chi connectivity index (χ4v) is 3.48. The number of anilines is 1. The number of hydrogen-bond acceptors (Lipinski definition) is 3. The van der Waals surface area contributed by atoms with Gasteiger partial charge in [0.2, 0.25) is 0 Å². The van der Waals surface area contributed by atoms with E-state index in [1.165, 1.54) is 24.3 Å². The number of carbonyl (C=O) groups is 1. The number of sulfonamides is 1. The summed E-state index contributed by atoms with van der Waals surface area (Å²) in [7, 11) is -3.88. The first-order valence-electron chi connectivity index (χ1n) is 8.15. The fraction of sp³-hybridized carbons (Fsp3) is 0.0500. The SMILES string of the molecule is O=C(NCc1ccccc1)c1cccc(NS(=O)(=O)c2ccc(F)cc2)c1. The van der Waals surface area contributed by atoms with Crippen LogP contribution in [-0.2, 0) is 16.6 Å². The summed E-state index contributed by atoms with van der Waals surface area (Å²) in [6, 6.07) is 20.1. The van der Waals surface area contributed by atoms with Gasteiger partial charge in [-0.2, -0.15) is 0 Å². The van der Waals surface area contributed by atoms with Crippen LogP contribution < -0.4 is 10.0 Å². The van der Waals surface area contributed by atoms with E-state index in [9.17, 15) is 17.6 Å². The Morgan fingerprint density at radius 1 is 0.889 bits per heavy atom. The molecule has 0 spiro atoms. The van der Waals surface area contributed by atoms with Crippen LogP contribution in [0, 0.1) is 5.82 Å². The smallest absolute Gasteiger partial charge is 0.261 e. The fourth-order valence-electron chi connectivity index (χ4n) is 2.43. The van der Waals surface area contributed by atoms with E-state index in [4.69, 9.17) is 0 Å². The molecule has 5 nitrogen and oxygen atoms in total. The molecular weight excluding hydrogens is 367 g/mol. The summed E-state index contributed by atoms with van der Waals surface area (Å²) < 4.78 is 40.1. The van der Waals surface area contributed by atoms with Crippen LogP contribution in [0.15, 0.2) is 83.8 Å². The highest BCUT2D eigenvalue weighted by Crippen LogP contribution is 2.17. The predicted molar refractivity (Wildman–Crippen MR) is 101 cm³/mol. The maximum Gasteiger partial charge on any atom is 0.261 e. The summed E-state index contributed by atoms with van der Waals surface area (Å²) >= 11 is 0. The Kier molecular flexibility index (Phi) is 5.52. The summed E-state index contributed by atoms with van der Waals surface area (Å²) in [5.74, 6) is -0.840. The van der Waals surface area contributed by atoms with Crippen molar-refractivity contribution >= 4 is 21.6 Å². The van der Waals surface area contributed by atoms with Crippen molar-refractivity contribution < 1.29 is 17.6 Å². The molecule has 3 aromatic carbocycles. The van der Waals surface area contributed by atoms with Crippen molar-refractivity contribution in [2.75, 3.05) is 4.72 Å². The largest absolute Gasteiger partial charge is 0.348 e. The van der Waals surface area contributed by atoms with Crippen LogP contribution in [0.4, 0.5) is 10.1 Å². The van der Waals surface area contributed by atoms with E-state index in [-0.39, 0.29) is 16.5 Å². The molecule has 0 heterocycles. The third-order valence-corrected chi connectivity index (χ3v) is 5.19. The Morgan fingerprint density at radius 2 is 1.59 bits per heavy atom. The van der Waals surface area contributed by atoms with Crippen LogP contribution in [-0.4, -0.2) is 14.3 Å². The molecule has 3 rings (SSSR count). The monoisotopic (exact) mass is 384 g/mol. The number of halogens is 1. The van der Waals surface area contributed by atoms with Crippen LogP contribution in [0.25, 0.3) is 0 Å². The van der Waals surface area contributed by atoms with Gasteiger partial charge >= 0.3 is 0 Å². The molecule has 0 aliphatic rings. The van der Waals surface area contributed by atoms with Crippen molar-refractivity contribution in [1.29, 1.82) is 0 Å². The number of nitrogens with one attached hydrogen (secondary N) is 2. The predicted octanol–water partition coefficient (Wildman–Crippen LogP) is 3.56. The second-order valence-corrected chi connectivity index (χ2v) is 7.49. The van der Waals surface area contributed by atoms with E-state index in [1.807, 2.05) is 30.3 Å². The standard InChI is InChI=1S/C20H17FN2O3S/c21-17-9-11-19(12-10-17)27(25,26)23-18-8-4-7-16(13-18)20(24)22-14-15-5-2-1-3-6-15/h1-13,23H,14H2,(H,22,24). The Bertz CT molecular complexity index is 1040. The first kappa shape index (κ1) is 18.6. The first-order chi connectivity index (χ1) is 12.9. The number of carbonyl (C=O) groups excluding carboxylic acids is 1. The molecule has 0 aliphatic carbocycles. The molecule has 2 N–H and O–H groups in total. The van der Waals surface area contributed by atoms with Crippen molar-refractivity contribution in [3.05, 3.63) is 95.8 Å². The molecule has 0 radical (unpaired) electrons. The Morgan fingerprint density at radius 3 is 2.30 bits per heavy atom. The highest BCUT2D eigenvalue weighted by atomic mass is 32.2. The van der Waals surface area contributed by atoms with Crippen molar-refractivity contribution in [3.8, 4) is 0 Å². The van der Waals surface area contributed by atoms with Crippen molar-refractivity contribution in [2.24, 2.45) is 0 Å². The molecular formula is C20H17FN2O3S. The quantitative estimate of drug-likeness (QED) is 0.682. The van der Waals surface area contributed by atoms with Crippen LogP contribution in [0.1, 0.15) is 15.9 Å². The molecule has 0 unspecified atom stereocenters. The van der Waals surface area contributed by atoms with E-state index in [2.05, 4.69) is 10.0 Å². The van der Waals surface area contributed by atoms with E-state index < -0.39 is 15.8 Å². The molecule has 0 aliphatic heterocycles. The van der Waals surface area contributed by atoms with E-state index in [1.54, 1.807) is 12.1 Å². The van der Waals surface area contributed by atoms with Gasteiger partial charge in [-0.15, -0.1) is 0 Å². The zero-order valence-electron chi connectivity index (χ0n) is 14.2. The first-order valence-corrected chi connectivity index (χ1v) is 9.63. The average molecular weight is 384 g/mol. The molecule has 0 saturated heterocycles. The van der Waals surface area contributed by atoms with Gasteiger partial charge in [-0.05, 0) is 48.0 Å². The summed E-state index contributed by atoms with van der Waals surface area (Å²) in [6.45, 7) is 0.366. The normalized spacial score (nSPS) is 11.0. The molecule has 138 valence electrons. The summed E-state index contributed by atoms with van der Waals surface area (Å²) in [6.07, 6.45) is 0. The van der Waals surface area contributed by atoms with Crippen molar-refractivity contribution in [1.82, 2.24) is 5.32 Å². The second kappa shape index (κ2) is 8.01. The van der Waals surface area contributed by atoms with Crippen LogP contribution >= 0.6 is 0 Å². The second-order valence-electron chi connectivity index (χ2n) is 5.81. The minimum absolute atomic E-state index is 0.0668. The van der Waals surface area contributed by atoms with E-state index in [0.717, 1.165) is 17.7 Å². The third-order valence-electron chi connectivity index (χ3n) is 3.80. The topological polar surface area (TPSA) is 75.3 Å². The summed E-state index contributed by atoms with van der Waals surface area (Å²) in [4.78, 5) is 12.2. The number of rotatable bonds is 6. The summed E-state index contributed by atoms with van der Waals surface area (Å²) in [5, 5.41) is 2.79. The lowest BCUT2D eigenvalue weighted by molar-refractivity contribution is 0.0951.